The van der Waals surface area contributed by atoms with Crippen molar-refractivity contribution in [1.29, 1.82) is 0 Å². The average Bonchev–Trinajstić information content (AvgIpc) is 2.38. The normalized spacial score (nSPS) is 10.5. The van der Waals surface area contributed by atoms with Gasteiger partial charge in [0.15, 0.2) is 0 Å². The summed E-state index contributed by atoms with van der Waals surface area (Å²) in [5.74, 6) is 0. The van der Waals surface area contributed by atoms with Crippen molar-refractivity contribution in [1.82, 2.24) is 4.98 Å². The molecule has 0 N–H and O–H groups in total. The summed E-state index contributed by atoms with van der Waals surface area (Å²) in [7, 11) is 2.03. The van der Waals surface area contributed by atoms with Gasteiger partial charge in [-0.1, -0.05) is 39.7 Å². The second-order valence-corrected chi connectivity index (χ2v) is 5.51. The molecule has 0 atom stereocenters. The van der Waals surface area contributed by atoms with E-state index in [1.165, 1.54) is 5.56 Å². The molecule has 0 fully saturated rings. The third-order valence-corrected chi connectivity index (χ3v) is 3.87. The standard InChI is InChI=1S/C15H16BrClN2/c1-11-4-3-5-13(18-11)10-19(2)15-7-6-12(9-16)8-14(15)17/h3-8H,9-10H2,1-2H3. The predicted molar refractivity (Wildman–Crippen MR) is 85.2 cm³/mol. The number of aryl methyl sites for hydroxylation is 1. The summed E-state index contributed by atoms with van der Waals surface area (Å²) in [6.07, 6.45) is 0. The zero-order chi connectivity index (χ0) is 13.8. The minimum atomic E-state index is 0.745. The molecule has 0 spiro atoms. The highest BCUT2D eigenvalue weighted by Crippen LogP contribution is 2.27. The van der Waals surface area contributed by atoms with Crippen LogP contribution in [-0.4, -0.2) is 12.0 Å². The van der Waals surface area contributed by atoms with Crippen LogP contribution in [0.5, 0.6) is 0 Å². The minimum Gasteiger partial charge on any atom is -0.367 e. The number of hydrogen-bond acceptors (Lipinski definition) is 2. The fourth-order valence-corrected chi connectivity index (χ4v) is 2.66. The van der Waals surface area contributed by atoms with Gasteiger partial charge in [-0.05, 0) is 36.8 Å². The second kappa shape index (κ2) is 6.40. The van der Waals surface area contributed by atoms with Crippen molar-refractivity contribution in [2.75, 3.05) is 11.9 Å². The lowest BCUT2D eigenvalue weighted by Gasteiger charge is -2.20. The Kier molecular flexibility index (Phi) is 4.83. The maximum atomic E-state index is 6.32. The molecule has 0 amide bonds. The molecule has 2 aromatic rings. The van der Waals surface area contributed by atoms with Crippen LogP contribution in [-0.2, 0) is 11.9 Å². The fraction of sp³-hybridized carbons (Fsp3) is 0.267. The third-order valence-electron chi connectivity index (χ3n) is 2.92. The molecule has 1 aromatic heterocycles. The number of hydrogen-bond donors (Lipinski definition) is 0. The fourth-order valence-electron chi connectivity index (χ4n) is 1.96. The molecule has 0 saturated carbocycles. The van der Waals surface area contributed by atoms with E-state index in [0.29, 0.717) is 0 Å². The zero-order valence-electron chi connectivity index (χ0n) is 11.0. The van der Waals surface area contributed by atoms with Gasteiger partial charge >= 0.3 is 0 Å². The number of anilines is 1. The van der Waals surface area contributed by atoms with Crippen LogP contribution in [0.15, 0.2) is 36.4 Å². The monoisotopic (exact) mass is 338 g/mol. The Hall–Kier alpha value is -1.06. The highest BCUT2D eigenvalue weighted by Gasteiger charge is 2.08. The zero-order valence-corrected chi connectivity index (χ0v) is 13.4. The first kappa shape index (κ1) is 14.4. The summed E-state index contributed by atoms with van der Waals surface area (Å²) >= 11 is 9.75. The van der Waals surface area contributed by atoms with E-state index >= 15 is 0 Å². The molecule has 0 aliphatic heterocycles. The molecule has 1 aromatic carbocycles. The molecule has 19 heavy (non-hydrogen) atoms. The van der Waals surface area contributed by atoms with Crippen LogP contribution < -0.4 is 4.90 Å². The van der Waals surface area contributed by atoms with Gasteiger partial charge in [-0.2, -0.15) is 0 Å². The van der Waals surface area contributed by atoms with Gasteiger partial charge in [-0.25, -0.2) is 0 Å². The Balaban J connectivity index is 2.18. The molecule has 0 aliphatic carbocycles. The Bertz CT molecular complexity index is 572. The van der Waals surface area contributed by atoms with Crippen molar-refractivity contribution in [3.8, 4) is 0 Å². The molecular formula is C15H16BrClN2. The molecule has 2 nitrogen and oxygen atoms in total. The van der Waals surface area contributed by atoms with Crippen LogP contribution in [0.3, 0.4) is 0 Å². The van der Waals surface area contributed by atoms with Crippen molar-refractivity contribution in [2.24, 2.45) is 0 Å². The Morgan fingerprint density at radius 2 is 2.05 bits per heavy atom. The highest BCUT2D eigenvalue weighted by atomic mass is 79.9. The number of nitrogens with zero attached hydrogens (tertiary/aromatic N) is 2. The lowest BCUT2D eigenvalue weighted by atomic mass is 10.2. The van der Waals surface area contributed by atoms with Crippen LogP contribution in [0, 0.1) is 6.92 Å². The van der Waals surface area contributed by atoms with Gasteiger partial charge in [0, 0.05) is 18.1 Å². The van der Waals surface area contributed by atoms with Gasteiger partial charge in [0.25, 0.3) is 0 Å². The smallest absolute Gasteiger partial charge is 0.0642 e. The van der Waals surface area contributed by atoms with Crippen LogP contribution in [0.4, 0.5) is 5.69 Å². The quantitative estimate of drug-likeness (QED) is 0.758. The summed E-state index contributed by atoms with van der Waals surface area (Å²) in [5, 5.41) is 1.59. The van der Waals surface area contributed by atoms with Gasteiger partial charge in [0.1, 0.15) is 0 Å². The lowest BCUT2D eigenvalue weighted by Crippen LogP contribution is -2.17. The maximum Gasteiger partial charge on any atom is 0.0642 e. The van der Waals surface area contributed by atoms with Crippen molar-refractivity contribution in [2.45, 2.75) is 18.8 Å². The van der Waals surface area contributed by atoms with Gasteiger partial charge < -0.3 is 4.90 Å². The molecular weight excluding hydrogens is 324 g/mol. The van der Waals surface area contributed by atoms with Crippen LogP contribution >= 0.6 is 27.5 Å². The van der Waals surface area contributed by atoms with Crippen molar-refractivity contribution in [3.05, 3.63) is 58.4 Å². The molecule has 0 unspecified atom stereocenters. The number of pyridine rings is 1. The van der Waals surface area contributed by atoms with E-state index < -0.39 is 0 Å². The topological polar surface area (TPSA) is 16.1 Å². The Morgan fingerprint density at radius 1 is 1.26 bits per heavy atom. The first-order valence-electron chi connectivity index (χ1n) is 6.08. The Morgan fingerprint density at radius 3 is 2.68 bits per heavy atom. The number of aromatic nitrogens is 1. The molecule has 0 radical (unpaired) electrons. The molecule has 2 rings (SSSR count). The molecule has 0 saturated heterocycles. The SMILES string of the molecule is Cc1cccc(CN(C)c2ccc(CBr)cc2Cl)n1. The van der Waals surface area contributed by atoms with Crippen LogP contribution in [0.1, 0.15) is 17.0 Å². The first-order valence-corrected chi connectivity index (χ1v) is 7.58. The van der Waals surface area contributed by atoms with Crippen molar-refractivity contribution >= 4 is 33.2 Å². The van der Waals surface area contributed by atoms with E-state index in [9.17, 15) is 0 Å². The number of halogens is 2. The maximum absolute atomic E-state index is 6.32. The molecule has 4 heteroatoms. The van der Waals surface area contributed by atoms with Crippen LogP contribution in [0.2, 0.25) is 5.02 Å². The van der Waals surface area contributed by atoms with Gasteiger partial charge in [0.2, 0.25) is 0 Å². The summed E-state index contributed by atoms with van der Waals surface area (Å²) in [6.45, 7) is 2.75. The number of alkyl halides is 1. The van der Waals surface area contributed by atoms with E-state index in [4.69, 9.17) is 11.6 Å². The first-order chi connectivity index (χ1) is 9.10. The van der Waals surface area contributed by atoms with Gasteiger partial charge in [-0.15, -0.1) is 0 Å². The predicted octanol–water partition coefficient (Wildman–Crippen LogP) is 4.57. The number of rotatable bonds is 4. The summed E-state index contributed by atoms with van der Waals surface area (Å²) < 4.78 is 0. The van der Waals surface area contributed by atoms with E-state index in [1.54, 1.807) is 0 Å². The summed E-state index contributed by atoms with van der Waals surface area (Å²) in [5.41, 5.74) is 4.28. The van der Waals surface area contributed by atoms with E-state index in [2.05, 4.69) is 37.9 Å². The van der Waals surface area contributed by atoms with Gasteiger partial charge in [-0.3, -0.25) is 4.98 Å². The van der Waals surface area contributed by atoms with E-state index in [1.807, 2.05) is 38.2 Å². The summed E-state index contributed by atoms with van der Waals surface area (Å²) in [4.78, 5) is 6.62. The Labute approximate surface area is 127 Å². The third kappa shape index (κ3) is 3.71. The largest absolute Gasteiger partial charge is 0.367 e. The molecule has 1 heterocycles. The lowest BCUT2D eigenvalue weighted by molar-refractivity contribution is 0.877. The van der Waals surface area contributed by atoms with E-state index in [0.717, 1.165) is 34.0 Å². The average molecular weight is 340 g/mol. The van der Waals surface area contributed by atoms with Crippen LogP contribution in [0.25, 0.3) is 0 Å². The van der Waals surface area contributed by atoms with E-state index in [-0.39, 0.29) is 0 Å². The summed E-state index contributed by atoms with van der Waals surface area (Å²) in [6, 6.07) is 12.2. The highest BCUT2D eigenvalue weighted by molar-refractivity contribution is 9.08. The molecule has 0 aliphatic rings. The number of benzene rings is 1. The van der Waals surface area contributed by atoms with Crippen molar-refractivity contribution in [3.63, 3.8) is 0 Å². The molecule has 100 valence electrons. The minimum absolute atomic E-state index is 0.745. The van der Waals surface area contributed by atoms with Crippen molar-refractivity contribution < 1.29 is 0 Å². The van der Waals surface area contributed by atoms with Gasteiger partial charge in [0.05, 0.1) is 22.9 Å². The molecule has 0 bridgehead atoms. The second-order valence-electron chi connectivity index (χ2n) is 4.55.